The first kappa shape index (κ1) is 22.1. The fourth-order valence-electron chi connectivity index (χ4n) is 2.88. The molecule has 10 nitrogen and oxygen atoms in total. The van der Waals surface area contributed by atoms with Gasteiger partial charge in [0.05, 0.1) is 23.5 Å². The van der Waals surface area contributed by atoms with Crippen LogP contribution in [0.15, 0.2) is 46.3 Å². The molecular weight excluding hydrogens is 426 g/mol. The Morgan fingerprint density at radius 2 is 1.84 bits per heavy atom. The van der Waals surface area contributed by atoms with E-state index in [1.807, 2.05) is 29.6 Å². The summed E-state index contributed by atoms with van der Waals surface area (Å²) < 4.78 is 10.1. The van der Waals surface area contributed by atoms with Gasteiger partial charge in [-0.05, 0) is 29.1 Å². The van der Waals surface area contributed by atoms with Crippen LogP contribution in [0, 0.1) is 0 Å². The third kappa shape index (κ3) is 5.74. The maximum Gasteiger partial charge on any atom is 0.414 e. The predicted molar refractivity (Wildman–Crippen MR) is 109 cm³/mol. The molecular formula is C20H19N3O7S. The van der Waals surface area contributed by atoms with Crippen LogP contribution in [0.25, 0.3) is 10.7 Å². The highest BCUT2D eigenvalue weighted by Gasteiger charge is 2.32. The van der Waals surface area contributed by atoms with Gasteiger partial charge in [-0.1, -0.05) is 23.4 Å². The zero-order valence-corrected chi connectivity index (χ0v) is 17.2. The van der Waals surface area contributed by atoms with E-state index in [-0.39, 0.29) is 11.9 Å². The molecule has 1 aliphatic rings. The highest BCUT2D eigenvalue weighted by atomic mass is 32.1. The lowest BCUT2D eigenvalue weighted by molar-refractivity contribution is -0.159. The van der Waals surface area contributed by atoms with E-state index in [2.05, 4.69) is 15.0 Å². The van der Waals surface area contributed by atoms with Crippen molar-refractivity contribution >= 4 is 29.2 Å². The molecule has 2 N–H and O–H groups in total. The minimum absolute atomic E-state index is 0.288. The molecule has 4 rings (SSSR count). The van der Waals surface area contributed by atoms with Crippen LogP contribution in [-0.2, 0) is 20.9 Å². The third-order valence-corrected chi connectivity index (χ3v) is 5.32. The summed E-state index contributed by atoms with van der Waals surface area (Å²) in [5.41, 5.74) is 1.73. The molecule has 0 aliphatic carbocycles. The quantitative estimate of drug-likeness (QED) is 0.443. The van der Waals surface area contributed by atoms with Gasteiger partial charge in [0.2, 0.25) is 11.7 Å². The molecule has 0 radical (unpaired) electrons. The smallest absolute Gasteiger partial charge is 0.414 e. The molecule has 1 saturated heterocycles. The van der Waals surface area contributed by atoms with Gasteiger partial charge in [-0.15, -0.1) is 11.3 Å². The van der Waals surface area contributed by atoms with Crippen molar-refractivity contribution in [2.45, 2.75) is 12.5 Å². The summed E-state index contributed by atoms with van der Waals surface area (Å²) >= 11 is 1.61. The van der Waals surface area contributed by atoms with E-state index < -0.39 is 11.9 Å². The van der Waals surface area contributed by atoms with E-state index in [4.69, 9.17) is 29.1 Å². The molecule has 2 aromatic heterocycles. The summed E-state index contributed by atoms with van der Waals surface area (Å²) in [7, 11) is 1.39. The Morgan fingerprint density at radius 1 is 1.16 bits per heavy atom. The Kier molecular flexibility index (Phi) is 7.11. The van der Waals surface area contributed by atoms with Gasteiger partial charge in [-0.25, -0.2) is 14.4 Å². The third-order valence-electron chi connectivity index (χ3n) is 4.45. The number of esters is 1. The van der Waals surface area contributed by atoms with Gasteiger partial charge < -0.3 is 19.5 Å². The molecule has 1 fully saturated rings. The van der Waals surface area contributed by atoms with Gasteiger partial charge >= 0.3 is 17.9 Å². The van der Waals surface area contributed by atoms with Crippen molar-refractivity contribution in [1.29, 1.82) is 0 Å². The molecule has 1 aliphatic heterocycles. The number of aliphatic carboxylic acids is 2. The highest BCUT2D eigenvalue weighted by Crippen LogP contribution is 2.29. The Morgan fingerprint density at radius 3 is 2.39 bits per heavy atom. The minimum atomic E-state index is -1.82. The van der Waals surface area contributed by atoms with Gasteiger partial charge in [0.25, 0.3) is 0 Å². The summed E-state index contributed by atoms with van der Waals surface area (Å²) in [6.07, 6.45) is 0. The largest absolute Gasteiger partial charge is 0.473 e. The molecule has 0 saturated carbocycles. The number of benzene rings is 1. The first-order valence-electron chi connectivity index (χ1n) is 9.10. The second kappa shape index (κ2) is 9.96. The average molecular weight is 445 g/mol. The molecule has 3 aromatic rings. The number of carboxylic acids is 2. The van der Waals surface area contributed by atoms with E-state index in [1.165, 1.54) is 7.11 Å². The standard InChI is InChI=1S/C18H17N3O3S.C2H2O4/c1-23-18(22)13-6-4-12(5-7-13)9-21-10-14(11-21)17-19-16(20-24-17)15-3-2-8-25-15;3-1(4)2(5)6/h2-8,14H,9-11H2,1H3;(H,3,4)(H,5,6). The van der Waals surface area contributed by atoms with Crippen LogP contribution in [0.1, 0.15) is 27.7 Å². The van der Waals surface area contributed by atoms with Crippen LogP contribution < -0.4 is 0 Å². The average Bonchev–Trinajstić information content (AvgIpc) is 3.42. The lowest BCUT2D eigenvalue weighted by Crippen LogP contribution is -2.44. The number of carboxylic acid groups (broad SMARTS) is 2. The number of hydrogen-bond donors (Lipinski definition) is 2. The number of carbonyl (C=O) groups excluding carboxylic acids is 1. The fourth-order valence-corrected chi connectivity index (χ4v) is 3.53. The van der Waals surface area contributed by atoms with E-state index in [9.17, 15) is 4.79 Å². The molecule has 162 valence electrons. The van der Waals surface area contributed by atoms with E-state index >= 15 is 0 Å². The molecule has 0 bridgehead atoms. The SMILES string of the molecule is COC(=O)c1ccc(CN2CC(c3nc(-c4cccs4)no3)C2)cc1.O=C(O)C(=O)O. The molecule has 3 heterocycles. The molecule has 0 unspecified atom stereocenters. The van der Waals surface area contributed by atoms with Crippen LogP contribution in [0.2, 0.25) is 0 Å². The van der Waals surface area contributed by atoms with Crippen LogP contribution in [0.4, 0.5) is 0 Å². The van der Waals surface area contributed by atoms with Crippen molar-refractivity contribution in [1.82, 2.24) is 15.0 Å². The molecule has 11 heteroatoms. The summed E-state index contributed by atoms with van der Waals surface area (Å²) in [6.45, 7) is 2.62. The van der Waals surface area contributed by atoms with E-state index in [0.29, 0.717) is 17.3 Å². The van der Waals surface area contributed by atoms with E-state index in [1.54, 1.807) is 23.5 Å². The molecule has 0 atom stereocenters. The summed E-state index contributed by atoms with van der Waals surface area (Å²) in [5.74, 6) is -2.29. The first-order valence-corrected chi connectivity index (χ1v) is 9.98. The van der Waals surface area contributed by atoms with Gasteiger partial charge in [0.15, 0.2) is 0 Å². The molecule has 0 amide bonds. The second-order valence-corrected chi connectivity index (χ2v) is 7.57. The van der Waals surface area contributed by atoms with Crippen molar-refractivity contribution in [3.8, 4) is 10.7 Å². The summed E-state index contributed by atoms with van der Waals surface area (Å²) in [4.78, 5) is 37.5. The Hall–Kier alpha value is -3.57. The van der Waals surface area contributed by atoms with Crippen LogP contribution in [0.5, 0.6) is 0 Å². The highest BCUT2D eigenvalue weighted by molar-refractivity contribution is 7.13. The minimum Gasteiger partial charge on any atom is -0.473 e. The second-order valence-electron chi connectivity index (χ2n) is 6.62. The number of rotatable bonds is 5. The van der Waals surface area contributed by atoms with Crippen molar-refractivity contribution in [2.24, 2.45) is 0 Å². The van der Waals surface area contributed by atoms with Crippen molar-refractivity contribution < 1.29 is 33.9 Å². The zero-order chi connectivity index (χ0) is 22.4. The number of aromatic nitrogens is 2. The lowest BCUT2D eigenvalue weighted by atomic mass is 9.99. The molecule has 31 heavy (non-hydrogen) atoms. The zero-order valence-electron chi connectivity index (χ0n) is 16.4. The van der Waals surface area contributed by atoms with Gasteiger partial charge in [-0.2, -0.15) is 4.98 Å². The number of nitrogens with zero attached hydrogens (tertiary/aromatic N) is 3. The first-order chi connectivity index (χ1) is 14.9. The van der Waals surface area contributed by atoms with Crippen LogP contribution >= 0.6 is 11.3 Å². The lowest BCUT2D eigenvalue weighted by Gasteiger charge is -2.37. The number of thiophene rings is 1. The number of ether oxygens (including phenoxy) is 1. The predicted octanol–water partition coefficient (Wildman–Crippen LogP) is 2.34. The Labute approximate surface area is 180 Å². The number of carbonyl (C=O) groups is 3. The van der Waals surface area contributed by atoms with Gasteiger partial charge in [0.1, 0.15) is 0 Å². The van der Waals surface area contributed by atoms with Crippen molar-refractivity contribution in [3.63, 3.8) is 0 Å². The Bertz CT molecular complexity index is 1030. The summed E-state index contributed by atoms with van der Waals surface area (Å²) in [5, 5.41) is 20.9. The van der Waals surface area contributed by atoms with Gasteiger partial charge in [-0.3, -0.25) is 4.90 Å². The number of likely N-dealkylation sites (tertiary alicyclic amines) is 1. The number of methoxy groups -OCH3 is 1. The Balaban J connectivity index is 0.000000401. The maximum absolute atomic E-state index is 11.4. The summed E-state index contributed by atoms with van der Waals surface area (Å²) in [6, 6.07) is 11.5. The van der Waals surface area contributed by atoms with Crippen molar-refractivity contribution in [2.75, 3.05) is 20.2 Å². The van der Waals surface area contributed by atoms with Crippen LogP contribution in [-0.4, -0.2) is 63.4 Å². The van der Waals surface area contributed by atoms with E-state index in [0.717, 1.165) is 30.1 Å². The van der Waals surface area contributed by atoms with Gasteiger partial charge in [0, 0.05) is 19.6 Å². The molecule has 1 aromatic carbocycles. The maximum atomic E-state index is 11.4. The topological polar surface area (TPSA) is 143 Å². The normalized spacial score (nSPS) is 13.6. The van der Waals surface area contributed by atoms with Crippen LogP contribution in [0.3, 0.4) is 0 Å². The van der Waals surface area contributed by atoms with Crippen molar-refractivity contribution in [3.05, 3.63) is 58.8 Å². The molecule has 0 spiro atoms. The monoisotopic (exact) mass is 445 g/mol. The fraction of sp³-hybridized carbons (Fsp3) is 0.250. The number of hydrogen-bond acceptors (Lipinski definition) is 9.